The first-order valence-corrected chi connectivity index (χ1v) is 11.2. The summed E-state index contributed by atoms with van der Waals surface area (Å²) in [6.07, 6.45) is 4.61. The molecule has 10 heteroatoms. The number of para-hydroxylation sites is 1. The molecule has 36 heavy (non-hydrogen) atoms. The van der Waals surface area contributed by atoms with Crippen molar-refractivity contribution in [2.75, 3.05) is 0 Å². The minimum Gasteiger partial charge on any atom is -0.477 e. The lowest BCUT2D eigenvalue weighted by molar-refractivity contribution is 0.0690. The van der Waals surface area contributed by atoms with Crippen molar-refractivity contribution in [2.45, 2.75) is 25.2 Å². The number of carboxylic acids is 1. The van der Waals surface area contributed by atoms with E-state index in [4.69, 9.17) is 9.84 Å². The third kappa shape index (κ3) is 3.37. The summed E-state index contributed by atoms with van der Waals surface area (Å²) in [5, 5.41) is 9.12. The third-order valence-corrected chi connectivity index (χ3v) is 6.45. The minimum atomic E-state index is -1.11. The highest BCUT2D eigenvalue weighted by molar-refractivity contribution is 5.85. The normalized spacial score (nSPS) is 14.7. The zero-order chi connectivity index (χ0) is 25.0. The summed E-state index contributed by atoms with van der Waals surface area (Å²) in [4.78, 5) is 36.3. The van der Waals surface area contributed by atoms with Gasteiger partial charge in [0.1, 0.15) is 11.5 Å². The molecule has 1 unspecified atom stereocenters. The van der Waals surface area contributed by atoms with E-state index in [1.165, 1.54) is 18.3 Å². The van der Waals surface area contributed by atoms with Gasteiger partial charge in [0.05, 0.1) is 5.69 Å². The van der Waals surface area contributed by atoms with Crippen molar-refractivity contribution in [3.8, 4) is 22.9 Å². The summed E-state index contributed by atoms with van der Waals surface area (Å²) in [6, 6.07) is 11.6. The lowest BCUT2D eigenvalue weighted by Crippen LogP contribution is -2.32. The number of hydrogen-bond donors (Lipinski definition) is 2. The fourth-order valence-corrected chi connectivity index (χ4v) is 4.68. The molecule has 1 aliphatic rings. The maximum absolute atomic E-state index is 15.0. The average molecular weight is 482 g/mol. The fraction of sp³-hybridized carbons (Fsp3) is 0.154. The Labute approximate surface area is 204 Å². The first-order valence-electron chi connectivity index (χ1n) is 11.2. The van der Waals surface area contributed by atoms with Crippen LogP contribution < -0.4 is 4.74 Å². The van der Waals surface area contributed by atoms with Crippen LogP contribution in [0.3, 0.4) is 0 Å². The summed E-state index contributed by atoms with van der Waals surface area (Å²) < 4.78 is 21.0. The molecule has 0 amide bonds. The second kappa shape index (κ2) is 7.91. The molecule has 0 fully saturated rings. The molecule has 178 valence electrons. The number of H-pyrrole nitrogens is 1. The van der Waals surface area contributed by atoms with Crippen LogP contribution in [0.1, 0.15) is 47.2 Å². The van der Waals surface area contributed by atoms with Crippen molar-refractivity contribution >= 4 is 17.3 Å². The Bertz CT molecular complexity index is 1610. The van der Waals surface area contributed by atoms with E-state index in [9.17, 15) is 9.18 Å². The Kier molecular flexibility index (Phi) is 4.78. The molecule has 4 aromatic heterocycles. The van der Waals surface area contributed by atoms with Gasteiger partial charge in [0, 0.05) is 46.6 Å². The van der Waals surface area contributed by atoms with Crippen molar-refractivity contribution in [2.24, 2.45) is 0 Å². The Balaban J connectivity index is 1.50. The Morgan fingerprint density at radius 3 is 2.61 bits per heavy atom. The Hall–Kier alpha value is -4.73. The van der Waals surface area contributed by atoms with Crippen molar-refractivity contribution in [1.82, 2.24) is 29.9 Å². The number of carbonyl (C=O) groups is 1. The average Bonchev–Trinajstić information content (AvgIpc) is 3.33. The number of ether oxygens (including phenoxy) is 1. The van der Waals surface area contributed by atoms with Gasteiger partial charge in [0.25, 0.3) is 0 Å². The van der Waals surface area contributed by atoms with Gasteiger partial charge >= 0.3 is 5.97 Å². The van der Waals surface area contributed by atoms with E-state index in [1.54, 1.807) is 24.5 Å². The third-order valence-electron chi connectivity index (χ3n) is 6.45. The zero-order valence-corrected chi connectivity index (χ0v) is 19.2. The molecule has 0 bridgehead atoms. The predicted octanol–water partition coefficient (Wildman–Crippen LogP) is 4.86. The summed E-state index contributed by atoms with van der Waals surface area (Å²) >= 11 is 0. The minimum absolute atomic E-state index is 0.0689. The number of halogens is 1. The molecule has 0 spiro atoms. The fourth-order valence-electron chi connectivity index (χ4n) is 4.68. The lowest BCUT2D eigenvalue weighted by Gasteiger charge is -2.37. The predicted molar refractivity (Wildman–Crippen MR) is 127 cm³/mol. The van der Waals surface area contributed by atoms with Crippen LogP contribution in [-0.2, 0) is 5.41 Å². The number of carboxylic acid groups (broad SMARTS) is 1. The van der Waals surface area contributed by atoms with Crippen LogP contribution in [0.2, 0.25) is 0 Å². The van der Waals surface area contributed by atoms with Crippen LogP contribution in [0, 0.1) is 5.82 Å². The van der Waals surface area contributed by atoms with E-state index < -0.39 is 17.2 Å². The molecule has 5 heterocycles. The smallest absolute Gasteiger partial charge is 0.354 e. The van der Waals surface area contributed by atoms with Crippen LogP contribution in [-0.4, -0.2) is 41.0 Å². The molecule has 1 aromatic carbocycles. The van der Waals surface area contributed by atoms with Crippen LogP contribution in [0.25, 0.3) is 22.6 Å². The van der Waals surface area contributed by atoms with E-state index in [1.807, 2.05) is 32.0 Å². The van der Waals surface area contributed by atoms with E-state index in [0.717, 1.165) is 5.56 Å². The van der Waals surface area contributed by atoms with Crippen LogP contribution in [0.5, 0.6) is 11.6 Å². The molecule has 0 saturated carbocycles. The van der Waals surface area contributed by atoms with E-state index in [-0.39, 0.29) is 23.2 Å². The molecule has 9 nitrogen and oxygen atoms in total. The quantitative estimate of drug-likeness (QED) is 0.372. The highest BCUT2D eigenvalue weighted by Gasteiger charge is 2.43. The number of nitrogens with one attached hydrogen (secondary N) is 1. The van der Waals surface area contributed by atoms with Gasteiger partial charge in [-0.25, -0.2) is 34.1 Å². The highest BCUT2D eigenvalue weighted by atomic mass is 19.1. The summed E-state index contributed by atoms with van der Waals surface area (Å²) in [7, 11) is 0. The van der Waals surface area contributed by atoms with Gasteiger partial charge in [0.15, 0.2) is 22.9 Å². The van der Waals surface area contributed by atoms with Gasteiger partial charge in [-0.15, -0.1) is 0 Å². The highest BCUT2D eigenvalue weighted by Crippen LogP contribution is 2.52. The van der Waals surface area contributed by atoms with Crippen molar-refractivity contribution in [3.05, 3.63) is 89.5 Å². The monoisotopic (exact) mass is 482 g/mol. The number of aromatic carboxylic acids is 1. The van der Waals surface area contributed by atoms with E-state index in [0.29, 0.717) is 33.9 Å². The maximum Gasteiger partial charge on any atom is 0.354 e. The summed E-state index contributed by atoms with van der Waals surface area (Å²) in [6.45, 7) is 4.03. The lowest BCUT2D eigenvalue weighted by atomic mass is 9.69. The number of aromatic amines is 1. The maximum atomic E-state index is 15.0. The Morgan fingerprint density at radius 1 is 1.03 bits per heavy atom. The largest absolute Gasteiger partial charge is 0.477 e. The standard InChI is InChI=1S/C26H19FN6O3/c1-26(2,25-32-21-22(33-25)29-11-10-28-21)19-14-4-3-5-16(27)20(14)36-23-15(19)7-9-17(31-23)13-6-8-18(24(34)35)30-12-13/h3-12,19H,1-2H3,(H,34,35)(H,28,29,32,33). The van der Waals surface area contributed by atoms with Crippen molar-refractivity contribution in [3.63, 3.8) is 0 Å². The Morgan fingerprint density at radius 2 is 1.86 bits per heavy atom. The van der Waals surface area contributed by atoms with Crippen molar-refractivity contribution in [1.29, 1.82) is 0 Å². The molecule has 0 radical (unpaired) electrons. The molecule has 0 saturated heterocycles. The number of imidazole rings is 1. The van der Waals surface area contributed by atoms with E-state index >= 15 is 0 Å². The number of fused-ring (bicyclic) bond motifs is 3. The van der Waals surface area contributed by atoms with Gasteiger partial charge in [-0.1, -0.05) is 32.0 Å². The van der Waals surface area contributed by atoms with Gasteiger partial charge in [0.2, 0.25) is 5.88 Å². The number of aromatic nitrogens is 6. The zero-order valence-electron chi connectivity index (χ0n) is 19.2. The van der Waals surface area contributed by atoms with E-state index in [2.05, 4.69) is 29.9 Å². The first-order chi connectivity index (χ1) is 17.3. The number of rotatable bonds is 4. The number of benzene rings is 1. The second-order valence-electron chi connectivity index (χ2n) is 9.06. The molecule has 2 N–H and O–H groups in total. The van der Waals surface area contributed by atoms with Gasteiger partial charge in [-0.05, 0) is 24.3 Å². The number of hydrogen-bond acceptors (Lipinski definition) is 7. The SMILES string of the molecule is CC(C)(c1nc2nccnc2[nH]1)C1c2ccc(-c3ccc(C(=O)O)nc3)nc2Oc2c(F)cccc21. The summed E-state index contributed by atoms with van der Waals surface area (Å²) in [5.74, 6) is -0.948. The number of pyridine rings is 2. The first kappa shape index (κ1) is 21.8. The van der Waals surface area contributed by atoms with Crippen molar-refractivity contribution < 1.29 is 19.0 Å². The summed E-state index contributed by atoms with van der Waals surface area (Å²) in [5.41, 5.74) is 2.91. The topological polar surface area (TPSA) is 127 Å². The van der Waals surface area contributed by atoms with Crippen LogP contribution in [0.15, 0.2) is 61.1 Å². The number of nitrogens with zero attached hydrogens (tertiary/aromatic N) is 5. The molecule has 5 aromatic rings. The molecule has 1 atom stereocenters. The molecule has 0 aliphatic carbocycles. The molecular weight excluding hydrogens is 463 g/mol. The van der Waals surface area contributed by atoms with Crippen LogP contribution in [0.4, 0.5) is 4.39 Å². The van der Waals surface area contributed by atoms with Gasteiger partial charge in [-0.2, -0.15) is 0 Å². The van der Waals surface area contributed by atoms with Crippen LogP contribution >= 0.6 is 0 Å². The second-order valence-corrected chi connectivity index (χ2v) is 9.06. The van der Waals surface area contributed by atoms with Gasteiger partial charge in [-0.3, -0.25) is 0 Å². The molecular formula is C26H19FN6O3. The molecule has 1 aliphatic heterocycles. The molecule has 6 rings (SSSR count). The van der Waals surface area contributed by atoms with Gasteiger partial charge < -0.3 is 14.8 Å².